The molecule has 78 valence electrons. The summed E-state index contributed by atoms with van der Waals surface area (Å²) in [6.07, 6.45) is 3.70. The summed E-state index contributed by atoms with van der Waals surface area (Å²) in [4.78, 5) is 8.15. The summed E-state index contributed by atoms with van der Waals surface area (Å²) in [6, 6.07) is 12.0. The topological polar surface area (TPSA) is 30.7 Å². The van der Waals surface area contributed by atoms with Crippen molar-refractivity contribution in [3.8, 4) is 5.69 Å². The number of nitrogens with zero attached hydrogens (tertiary/aromatic N) is 3. The zero-order valence-corrected chi connectivity index (χ0v) is 9.09. The first kappa shape index (κ1) is 9.36. The number of aromatic nitrogens is 3. The molecule has 2 heterocycles. The van der Waals surface area contributed by atoms with E-state index < -0.39 is 0 Å². The van der Waals surface area contributed by atoms with Crippen LogP contribution in [0.5, 0.6) is 0 Å². The van der Waals surface area contributed by atoms with Gasteiger partial charge < -0.3 is 4.57 Å². The highest BCUT2D eigenvalue weighted by atomic mass is 35.5. The third-order valence-electron chi connectivity index (χ3n) is 2.44. The summed E-state index contributed by atoms with van der Waals surface area (Å²) in [7, 11) is 0. The molecule has 0 saturated carbocycles. The van der Waals surface area contributed by atoms with Crippen molar-refractivity contribution in [1.82, 2.24) is 14.5 Å². The van der Waals surface area contributed by atoms with Gasteiger partial charge in [0.2, 0.25) is 5.28 Å². The Bertz CT molecular complexity index is 631. The van der Waals surface area contributed by atoms with E-state index in [1.54, 1.807) is 6.20 Å². The predicted octanol–water partition coefficient (Wildman–Crippen LogP) is 3.07. The number of benzene rings is 1. The fraction of sp³-hybridized carbons (Fsp3) is 0. The minimum atomic E-state index is 0.276. The van der Waals surface area contributed by atoms with Crippen molar-refractivity contribution in [1.29, 1.82) is 0 Å². The minimum Gasteiger partial charge on any atom is -0.314 e. The first-order valence-electron chi connectivity index (χ1n) is 4.89. The van der Waals surface area contributed by atoms with E-state index in [1.807, 2.05) is 47.2 Å². The lowest BCUT2D eigenvalue weighted by Gasteiger charge is -2.03. The molecule has 4 heteroatoms. The molecule has 0 spiro atoms. The number of para-hydroxylation sites is 1. The number of fused-ring (bicyclic) bond motifs is 1. The normalized spacial score (nSPS) is 10.8. The van der Waals surface area contributed by atoms with Gasteiger partial charge in [-0.25, -0.2) is 9.97 Å². The molecule has 0 bridgehead atoms. The van der Waals surface area contributed by atoms with Gasteiger partial charge in [-0.3, -0.25) is 0 Å². The van der Waals surface area contributed by atoms with Gasteiger partial charge in [0.25, 0.3) is 0 Å². The van der Waals surface area contributed by atoms with Crippen LogP contribution in [0.4, 0.5) is 0 Å². The minimum absolute atomic E-state index is 0.276. The molecule has 3 aromatic rings. The molecule has 0 N–H and O–H groups in total. The molecule has 0 fully saturated rings. The zero-order chi connectivity index (χ0) is 11.0. The van der Waals surface area contributed by atoms with Crippen LogP contribution in [0.15, 0.2) is 48.8 Å². The van der Waals surface area contributed by atoms with Gasteiger partial charge in [-0.05, 0) is 29.8 Å². The lowest BCUT2D eigenvalue weighted by molar-refractivity contribution is 1.11. The van der Waals surface area contributed by atoms with E-state index in [9.17, 15) is 0 Å². The lowest BCUT2D eigenvalue weighted by Crippen LogP contribution is -1.92. The van der Waals surface area contributed by atoms with Crippen molar-refractivity contribution in [2.24, 2.45) is 0 Å². The highest BCUT2D eigenvalue weighted by Gasteiger charge is 2.04. The highest BCUT2D eigenvalue weighted by molar-refractivity contribution is 6.28. The molecule has 0 radical (unpaired) electrons. The Morgan fingerprint density at radius 3 is 2.69 bits per heavy atom. The highest BCUT2D eigenvalue weighted by Crippen LogP contribution is 2.18. The molecule has 1 aromatic carbocycles. The summed E-state index contributed by atoms with van der Waals surface area (Å²) >= 11 is 5.74. The second-order valence-corrected chi connectivity index (χ2v) is 3.77. The Labute approximate surface area is 97.3 Å². The summed E-state index contributed by atoms with van der Waals surface area (Å²) < 4.78 is 2.03. The quantitative estimate of drug-likeness (QED) is 0.601. The van der Waals surface area contributed by atoms with Crippen molar-refractivity contribution >= 4 is 22.6 Å². The molecule has 0 unspecified atom stereocenters. The van der Waals surface area contributed by atoms with Crippen molar-refractivity contribution in [2.45, 2.75) is 0 Å². The Morgan fingerprint density at radius 2 is 1.88 bits per heavy atom. The van der Waals surface area contributed by atoms with Gasteiger partial charge in [-0.15, -0.1) is 0 Å². The first-order chi connectivity index (χ1) is 7.84. The number of hydrogen-bond acceptors (Lipinski definition) is 2. The molecule has 16 heavy (non-hydrogen) atoms. The molecule has 0 aliphatic carbocycles. The van der Waals surface area contributed by atoms with Crippen molar-refractivity contribution in [3.63, 3.8) is 0 Å². The lowest BCUT2D eigenvalue weighted by atomic mass is 10.3. The Kier molecular flexibility index (Phi) is 2.11. The van der Waals surface area contributed by atoms with Crippen molar-refractivity contribution in [2.75, 3.05) is 0 Å². The molecule has 3 rings (SSSR count). The van der Waals surface area contributed by atoms with Crippen LogP contribution in [0.2, 0.25) is 5.28 Å². The monoisotopic (exact) mass is 229 g/mol. The first-order valence-corrected chi connectivity index (χ1v) is 5.27. The van der Waals surface area contributed by atoms with Crippen LogP contribution < -0.4 is 0 Å². The van der Waals surface area contributed by atoms with Crippen LogP contribution >= 0.6 is 11.6 Å². The summed E-state index contributed by atoms with van der Waals surface area (Å²) in [5, 5.41) is 0.276. The number of rotatable bonds is 1. The molecular formula is C12H8ClN3. The second kappa shape index (κ2) is 3.61. The van der Waals surface area contributed by atoms with E-state index in [0.29, 0.717) is 0 Å². The van der Waals surface area contributed by atoms with E-state index in [-0.39, 0.29) is 5.28 Å². The molecule has 0 aliphatic heterocycles. The average Bonchev–Trinajstić information content (AvgIpc) is 2.73. The summed E-state index contributed by atoms with van der Waals surface area (Å²) in [5.41, 5.74) is 2.89. The standard InChI is InChI=1S/C12H8ClN3/c13-12-14-8-11-10(15-12)6-7-16(11)9-4-2-1-3-5-9/h1-8H. The van der Waals surface area contributed by atoms with E-state index in [4.69, 9.17) is 11.6 Å². The summed E-state index contributed by atoms with van der Waals surface area (Å²) in [5.74, 6) is 0. The third-order valence-corrected chi connectivity index (χ3v) is 2.63. The molecule has 0 aliphatic rings. The Morgan fingerprint density at radius 1 is 1.06 bits per heavy atom. The zero-order valence-electron chi connectivity index (χ0n) is 8.34. The van der Waals surface area contributed by atoms with Crippen LogP contribution in [0.25, 0.3) is 16.7 Å². The molecule has 3 nitrogen and oxygen atoms in total. The SMILES string of the molecule is Clc1ncc2c(ccn2-c2ccccc2)n1. The Hall–Kier alpha value is -1.87. The molecule has 0 amide bonds. The third kappa shape index (κ3) is 1.46. The maximum atomic E-state index is 5.74. The van der Waals surface area contributed by atoms with Gasteiger partial charge in [0.15, 0.2) is 0 Å². The molecule has 0 saturated heterocycles. The van der Waals surface area contributed by atoms with Crippen molar-refractivity contribution < 1.29 is 0 Å². The predicted molar refractivity (Wildman–Crippen MR) is 63.9 cm³/mol. The van der Waals surface area contributed by atoms with Crippen LogP contribution in [0, 0.1) is 0 Å². The van der Waals surface area contributed by atoms with Crippen LogP contribution in [-0.4, -0.2) is 14.5 Å². The molecule has 2 aromatic heterocycles. The van der Waals surface area contributed by atoms with Gasteiger partial charge in [-0.1, -0.05) is 18.2 Å². The second-order valence-electron chi connectivity index (χ2n) is 3.43. The molecule has 0 atom stereocenters. The Balaban J connectivity index is 2.26. The van der Waals surface area contributed by atoms with Crippen molar-refractivity contribution in [3.05, 3.63) is 54.1 Å². The largest absolute Gasteiger partial charge is 0.314 e. The van der Waals surface area contributed by atoms with Crippen LogP contribution in [-0.2, 0) is 0 Å². The van der Waals surface area contributed by atoms with Gasteiger partial charge in [0.05, 0.1) is 17.2 Å². The van der Waals surface area contributed by atoms with E-state index in [0.717, 1.165) is 16.7 Å². The molecular weight excluding hydrogens is 222 g/mol. The van der Waals surface area contributed by atoms with E-state index >= 15 is 0 Å². The van der Waals surface area contributed by atoms with Gasteiger partial charge in [0, 0.05) is 11.9 Å². The van der Waals surface area contributed by atoms with E-state index in [1.165, 1.54) is 0 Å². The van der Waals surface area contributed by atoms with Gasteiger partial charge in [-0.2, -0.15) is 0 Å². The van der Waals surface area contributed by atoms with Gasteiger partial charge in [0.1, 0.15) is 0 Å². The van der Waals surface area contributed by atoms with Crippen LogP contribution in [0.3, 0.4) is 0 Å². The number of hydrogen-bond donors (Lipinski definition) is 0. The maximum Gasteiger partial charge on any atom is 0.223 e. The maximum absolute atomic E-state index is 5.74. The fourth-order valence-electron chi connectivity index (χ4n) is 1.71. The smallest absolute Gasteiger partial charge is 0.223 e. The average molecular weight is 230 g/mol. The van der Waals surface area contributed by atoms with E-state index in [2.05, 4.69) is 9.97 Å². The summed E-state index contributed by atoms with van der Waals surface area (Å²) in [6.45, 7) is 0. The fourth-order valence-corrected chi connectivity index (χ4v) is 1.85. The van der Waals surface area contributed by atoms with Crippen LogP contribution in [0.1, 0.15) is 0 Å². The van der Waals surface area contributed by atoms with Gasteiger partial charge >= 0.3 is 0 Å². The number of halogens is 1.